The van der Waals surface area contributed by atoms with Crippen molar-refractivity contribution in [3.05, 3.63) is 30.5 Å². The molecule has 0 amide bonds. The Balaban J connectivity index is 2.10. The van der Waals surface area contributed by atoms with Gasteiger partial charge < -0.3 is 4.74 Å². The zero-order valence-corrected chi connectivity index (χ0v) is 10.0. The highest BCUT2D eigenvalue weighted by Gasteiger charge is 2.23. The maximum atomic E-state index is 11.5. The predicted molar refractivity (Wildman–Crippen MR) is 65.6 cm³/mol. The molecule has 0 unspecified atom stereocenters. The van der Waals surface area contributed by atoms with Gasteiger partial charge in [0.25, 0.3) is 0 Å². The van der Waals surface area contributed by atoms with E-state index < -0.39 is 0 Å². The van der Waals surface area contributed by atoms with Crippen molar-refractivity contribution in [2.24, 2.45) is 0 Å². The fourth-order valence-electron chi connectivity index (χ4n) is 1.83. The molecule has 0 radical (unpaired) electrons. The minimum Gasteiger partial charge on any atom is -0.496 e. The number of thioether (sulfide) groups is 1. The fraction of sp³-hybridized carbons (Fsp3) is 0.167. The molecule has 1 aromatic carbocycles. The molecule has 86 valence electrons. The fourth-order valence-corrected chi connectivity index (χ4v) is 2.67. The monoisotopic (exact) mass is 246 g/mol. The van der Waals surface area contributed by atoms with Crippen LogP contribution in [0, 0.1) is 0 Å². The lowest BCUT2D eigenvalue weighted by molar-refractivity contribution is 0.0939. The maximum absolute atomic E-state index is 11.5. The topological polar surface area (TPSA) is 44.1 Å². The first-order valence-electron chi connectivity index (χ1n) is 5.18. The molecule has 2 aromatic rings. The number of carbonyl (C=O) groups is 1. The second kappa shape index (κ2) is 3.92. The van der Waals surface area contributed by atoms with Gasteiger partial charge in [0.1, 0.15) is 5.75 Å². The van der Waals surface area contributed by atoms with Gasteiger partial charge in [-0.1, -0.05) is 23.9 Å². The molecule has 0 bridgehead atoms. The van der Waals surface area contributed by atoms with Gasteiger partial charge in [0, 0.05) is 11.8 Å². The van der Waals surface area contributed by atoms with Gasteiger partial charge in [-0.3, -0.25) is 9.36 Å². The largest absolute Gasteiger partial charge is 0.496 e. The SMILES string of the molecule is COc1ccccc1-c1cn2c(n1)SCC2=O. The summed E-state index contributed by atoms with van der Waals surface area (Å²) in [6, 6.07) is 7.66. The Morgan fingerprint density at radius 2 is 2.24 bits per heavy atom. The molecule has 0 saturated heterocycles. The van der Waals surface area contributed by atoms with Crippen LogP contribution in [-0.4, -0.2) is 28.3 Å². The van der Waals surface area contributed by atoms with Gasteiger partial charge in [0.2, 0.25) is 5.91 Å². The van der Waals surface area contributed by atoms with Crippen LogP contribution in [0.2, 0.25) is 0 Å². The highest BCUT2D eigenvalue weighted by Crippen LogP contribution is 2.33. The van der Waals surface area contributed by atoms with Crippen LogP contribution in [-0.2, 0) is 0 Å². The minimum atomic E-state index is 0.0821. The number of benzene rings is 1. The van der Waals surface area contributed by atoms with Gasteiger partial charge in [-0.15, -0.1) is 0 Å². The van der Waals surface area contributed by atoms with Crippen molar-refractivity contribution in [3.63, 3.8) is 0 Å². The molecule has 0 saturated carbocycles. The highest BCUT2D eigenvalue weighted by molar-refractivity contribution is 8.00. The second-order valence-corrected chi connectivity index (χ2v) is 4.60. The number of hydrogen-bond acceptors (Lipinski definition) is 4. The molecule has 0 fully saturated rings. The van der Waals surface area contributed by atoms with Gasteiger partial charge in [0.15, 0.2) is 5.16 Å². The molecule has 1 aromatic heterocycles. The Hall–Kier alpha value is -1.75. The first-order valence-corrected chi connectivity index (χ1v) is 6.17. The number of imidazole rings is 1. The summed E-state index contributed by atoms with van der Waals surface area (Å²) in [5, 5.41) is 0.760. The summed E-state index contributed by atoms with van der Waals surface area (Å²) in [6.07, 6.45) is 1.77. The van der Waals surface area contributed by atoms with E-state index in [1.807, 2.05) is 24.3 Å². The lowest BCUT2D eigenvalue weighted by atomic mass is 10.1. The van der Waals surface area contributed by atoms with Gasteiger partial charge in [-0.2, -0.15) is 0 Å². The van der Waals surface area contributed by atoms with Crippen LogP contribution in [0.1, 0.15) is 4.79 Å². The Kier molecular flexibility index (Phi) is 2.40. The van der Waals surface area contributed by atoms with Crippen molar-refractivity contribution in [3.8, 4) is 17.0 Å². The zero-order valence-electron chi connectivity index (χ0n) is 9.21. The lowest BCUT2D eigenvalue weighted by Gasteiger charge is -2.04. The molecule has 5 heteroatoms. The molecule has 3 rings (SSSR count). The van der Waals surface area contributed by atoms with Gasteiger partial charge in [0.05, 0.1) is 18.6 Å². The average molecular weight is 246 g/mol. The van der Waals surface area contributed by atoms with Crippen molar-refractivity contribution in [1.82, 2.24) is 9.55 Å². The molecule has 4 nitrogen and oxygen atoms in total. The van der Waals surface area contributed by atoms with E-state index in [1.165, 1.54) is 11.8 Å². The summed E-state index contributed by atoms with van der Waals surface area (Å²) in [6.45, 7) is 0. The van der Waals surface area contributed by atoms with Crippen molar-refractivity contribution in [2.45, 2.75) is 5.16 Å². The summed E-state index contributed by atoms with van der Waals surface area (Å²) >= 11 is 1.47. The first-order chi connectivity index (χ1) is 8.29. The molecule has 17 heavy (non-hydrogen) atoms. The molecular formula is C12H10N2O2S. The van der Waals surface area contributed by atoms with Crippen LogP contribution in [0.5, 0.6) is 5.75 Å². The summed E-state index contributed by atoms with van der Waals surface area (Å²) in [5.41, 5.74) is 1.68. The quantitative estimate of drug-likeness (QED) is 0.815. The van der Waals surface area contributed by atoms with Crippen LogP contribution in [0.25, 0.3) is 11.3 Å². The Bertz CT molecular complexity index is 592. The van der Waals surface area contributed by atoms with Crippen LogP contribution < -0.4 is 4.74 Å². The van der Waals surface area contributed by atoms with Crippen molar-refractivity contribution < 1.29 is 9.53 Å². The summed E-state index contributed by atoms with van der Waals surface area (Å²) < 4.78 is 6.89. The zero-order chi connectivity index (χ0) is 11.8. The summed E-state index contributed by atoms with van der Waals surface area (Å²) in [7, 11) is 1.63. The Labute approximate surface area is 103 Å². The summed E-state index contributed by atoms with van der Waals surface area (Å²) in [4.78, 5) is 16.0. The van der Waals surface area contributed by atoms with Crippen LogP contribution >= 0.6 is 11.8 Å². The van der Waals surface area contributed by atoms with Crippen LogP contribution in [0.3, 0.4) is 0 Å². The highest BCUT2D eigenvalue weighted by atomic mass is 32.2. The Morgan fingerprint density at radius 3 is 3.00 bits per heavy atom. The van der Waals surface area contributed by atoms with Crippen LogP contribution in [0.4, 0.5) is 0 Å². The van der Waals surface area contributed by atoms with E-state index in [2.05, 4.69) is 4.98 Å². The third-order valence-corrected chi connectivity index (χ3v) is 3.59. The molecule has 0 aliphatic carbocycles. The number of ether oxygens (including phenoxy) is 1. The molecular weight excluding hydrogens is 236 g/mol. The number of hydrogen-bond donors (Lipinski definition) is 0. The third-order valence-electron chi connectivity index (χ3n) is 2.65. The van der Waals surface area contributed by atoms with E-state index >= 15 is 0 Å². The van der Waals surface area contributed by atoms with Crippen LogP contribution in [0.15, 0.2) is 35.6 Å². The van der Waals surface area contributed by atoms with Crippen molar-refractivity contribution >= 4 is 17.7 Å². The standard InChI is InChI=1S/C12H10N2O2S/c1-16-10-5-3-2-4-8(10)9-6-14-11(15)7-17-12(14)13-9/h2-6H,7H2,1H3. The van der Waals surface area contributed by atoms with Gasteiger partial charge in [-0.05, 0) is 12.1 Å². The maximum Gasteiger partial charge on any atom is 0.243 e. The number of nitrogens with zero attached hydrogens (tertiary/aromatic N) is 2. The first kappa shape index (κ1) is 10.4. The number of methoxy groups -OCH3 is 1. The molecule has 0 spiro atoms. The van der Waals surface area contributed by atoms with Gasteiger partial charge >= 0.3 is 0 Å². The van der Waals surface area contributed by atoms with Gasteiger partial charge in [-0.25, -0.2) is 4.98 Å². The van der Waals surface area contributed by atoms with Crippen molar-refractivity contribution in [2.75, 3.05) is 12.9 Å². The normalized spacial score (nSPS) is 13.8. The van der Waals surface area contributed by atoms with E-state index in [9.17, 15) is 4.79 Å². The van der Waals surface area contributed by atoms with E-state index in [0.717, 1.165) is 22.2 Å². The smallest absolute Gasteiger partial charge is 0.243 e. The number of aromatic nitrogens is 2. The molecule has 2 heterocycles. The van der Waals surface area contributed by atoms with Crippen molar-refractivity contribution in [1.29, 1.82) is 0 Å². The summed E-state index contributed by atoms with van der Waals surface area (Å²) in [5.74, 6) is 1.33. The molecule has 0 atom stereocenters. The second-order valence-electron chi connectivity index (χ2n) is 3.66. The Morgan fingerprint density at radius 1 is 1.41 bits per heavy atom. The molecule has 1 aliphatic heterocycles. The molecule has 0 N–H and O–H groups in total. The minimum absolute atomic E-state index is 0.0821. The lowest BCUT2D eigenvalue weighted by Crippen LogP contribution is -2.04. The third kappa shape index (κ3) is 1.63. The number of carbonyl (C=O) groups excluding carboxylic acids is 1. The average Bonchev–Trinajstić information content (AvgIpc) is 2.92. The molecule has 1 aliphatic rings. The number of fused-ring (bicyclic) bond motifs is 1. The number of rotatable bonds is 2. The van der Waals surface area contributed by atoms with E-state index in [-0.39, 0.29) is 5.91 Å². The van der Waals surface area contributed by atoms with E-state index in [1.54, 1.807) is 17.9 Å². The van der Waals surface area contributed by atoms with E-state index in [0.29, 0.717) is 5.75 Å². The predicted octanol–water partition coefficient (Wildman–Crippen LogP) is 2.30. The van der Waals surface area contributed by atoms with E-state index in [4.69, 9.17) is 4.74 Å². The number of para-hydroxylation sites is 1.